The first kappa shape index (κ1) is 15.3. The molecule has 1 aliphatic rings. The van der Waals surface area contributed by atoms with Crippen molar-refractivity contribution in [3.05, 3.63) is 17.8 Å². The number of amides is 2. The van der Waals surface area contributed by atoms with E-state index in [9.17, 15) is 9.59 Å². The highest BCUT2D eigenvalue weighted by molar-refractivity contribution is 5.78. The Bertz CT molecular complexity index is 492. The van der Waals surface area contributed by atoms with Gasteiger partial charge in [0, 0.05) is 19.1 Å². The molecule has 0 aromatic carbocycles. The van der Waals surface area contributed by atoms with Crippen LogP contribution < -0.4 is 5.32 Å². The summed E-state index contributed by atoms with van der Waals surface area (Å²) in [4.78, 5) is 29.1. The molecule has 1 saturated heterocycles. The summed E-state index contributed by atoms with van der Waals surface area (Å²) in [5.41, 5.74) is 0.738. The summed E-state index contributed by atoms with van der Waals surface area (Å²) < 4.78 is 10.1. The summed E-state index contributed by atoms with van der Waals surface area (Å²) in [6.45, 7) is 5.18. The van der Waals surface area contributed by atoms with E-state index < -0.39 is 0 Å². The van der Waals surface area contributed by atoms with Crippen molar-refractivity contribution in [1.82, 2.24) is 15.2 Å². The zero-order chi connectivity index (χ0) is 15.2. The van der Waals surface area contributed by atoms with Crippen molar-refractivity contribution < 1.29 is 18.7 Å². The number of ether oxygens (including phenoxy) is 1. The summed E-state index contributed by atoms with van der Waals surface area (Å²) in [5, 5.41) is 2.97. The van der Waals surface area contributed by atoms with E-state index in [1.807, 2.05) is 6.92 Å². The Hall–Kier alpha value is -2.05. The normalized spacial score (nSPS) is 15.8. The van der Waals surface area contributed by atoms with Crippen LogP contribution in [0.1, 0.15) is 31.2 Å². The molecule has 0 saturated carbocycles. The van der Waals surface area contributed by atoms with Gasteiger partial charge in [0.15, 0.2) is 6.39 Å². The maximum absolute atomic E-state index is 11.9. The molecule has 21 heavy (non-hydrogen) atoms. The lowest BCUT2D eigenvalue weighted by Gasteiger charge is -2.31. The molecular formula is C14H21N3O4. The fraction of sp³-hybridized carbons (Fsp3) is 0.643. The molecule has 7 heteroatoms. The molecule has 0 spiro atoms. The highest BCUT2D eigenvalue weighted by Crippen LogP contribution is 2.12. The molecule has 0 unspecified atom stereocenters. The molecule has 2 rings (SSSR count). The van der Waals surface area contributed by atoms with Gasteiger partial charge in [0.1, 0.15) is 5.76 Å². The number of aromatic nitrogens is 1. The van der Waals surface area contributed by atoms with Crippen LogP contribution in [0.4, 0.5) is 4.79 Å². The summed E-state index contributed by atoms with van der Waals surface area (Å²) >= 11 is 0. The van der Waals surface area contributed by atoms with Crippen molar-refractivity contribution in [2.24, 2.45) is 0 Å². The number of nitrogens with one attached hydrogen (secondary N) is 1. The molecule has 116 valence electrons. The minimum absolute atomic E-state index is 0.0792. The first-order valence-electron chi connectivity index (χ1n) is 7.20. The van der Waals surface area contributed by atoms with E-state index in [1.54, 1.807) is 11.8 Å². The first-order valence-corrected chi connectivity index (χ1v) is 7.20. The van der Waals surface area contributed by atoms with E-state index in [2.05, 4.69) is 10.3 Å². The lowest BCUT2D eigenvalue weighted by atomic mass is 10.1. The quantitative estimate of drug-likeness (QED) is 0.904. The fourth-order valence-corrected chi connectivity index (χ4v) is 2.34. The largest absolute Gasteiger partial charge is 0.450 e. The molecule has 0 bridgehead atoms. The Morgan fingerprint density at radius 2 is 2.19 bits per heavy atom. The minimum Gasteiger partial charge on any atom is -0.450 e. The number of piperidine rings is 1. The average Bonchev–Trinajstić information content (AvgIpc) is 2.85. The SMILES string of the molecule is CCOC(=O)N1CCC(NC(=O)Cc2ocnc2C)CC1. The first-order chi connectivity index (χ1) is 10.1. The molecule has 0 atom stereocenters. The van der Waals surface area contributed by atoms with Crippen LogP contribution in [0.3, 0.4) is 0 Å². The van der Waals surface area contributed by atoms with Crippen LogP contribution in [0, 0.1) is 6.92 Å². The number of likely N-dealkylation sites (tertiary alicyclic amines) is 1. The average molecular weight is 295 g/mol. The van der Waals surface area contributed by atoms with Crippen molar-refractivity contribution in [3.8, 4) is 0 Å². The molecule has 1 aromatic rings. The lowest BCUT2D eigenvalue weighted by Crippen LogP contribution is -2.47. The highest BCUT2D eigenvalue weighted by atomic mass is 16.6. The third kappa shape index (κ3) is 4.21. The molecule has 1 aromatic heterocycles. The molecule has 1 N–H and O–H groups in total. The Morgan fingerprint density at radius 3 is 2.76 bits per heavy atom. The smallest absolute Gasteiger partial charge is 0.409 e. The maximum Gasteiger partial charge on any atom is 0.409 e. The second-order valence-electron chi connectivity index (χ2n) is 5.07. The van der Waals surface area contributed by atoms with Crippen molar-refractivity contribution in [2.75, 3.05) is 19.7 Å². The van der Waals surface area contributed by atoms with E-state index >= 15 is 0 Å². The van der Waals surface area contributed by atoms with Crippen LogP contribution in [0.25, 0.3) is 0 Å². The van der Waals surface area contributed by atoms with E-state index in [0.29, 0.717) is 25.5 Å². The monoisotopic (exact) mass is 295 g/mol. The number of rotatable bonds is 4. The van der Waals surface area contributed by atoms with Gasteiger partial charge in [-0.1, -0.05) is 0 Å². The number of hydrogen-bond acceptors (Lipinski definition) is 5. The van der Waals surface area contributed by atoms with E-state index in [4.69, 9.17) is 9.15 Å². The van der Waals surface area contributed by atoms with Gasteiger partial charge < -0.3 is 19.4 Å². The Balaban J connectivity index is 1.74. The molecule has 2 amide bonds. The zero-order valence-electron chi connectivity index (χ0n) is 12.4. The third-order valence-corrected chi connectivity index (χ3v) is 3.55. The maximum atomic E-state index is 11.9. The predicted octanol–water partition coefficient (Wildman–Crippen LogP) is 1.26. The van der Waals surface area contributed by atoms with Gasteiger partial charge in [0.2, 0.25) is 5.91 Å². The van der Waals surface area contributed by atoms with Gasteiger partial charge >= 0.3 is 6.09 Å². The second kappa shape index (κ2) is 7.10. The minimum atomic E-state index is -0.278. The second-order valence-corrected chi connectivity index (χ2v) is 5.07. The zero-order valence-corrected chi connectivity index (χ0v) is 12.4. The summed E-state index contributed by atoms with van der Waals surface area (Å²) in [6.07, 6.45) is 2.74. The Morgan fingerprint density at radius 1 is 1.48 bits per heavy atom. The number of aryl methyl sites for hydroxylation is 1. The topological polar surface area (TPSA) is 84.7 Å². The highest BCUT2D eigenvalue weighted by Gasteiger charge is 2.24. The van der Waals surface area contributed by atoms with Crippen molar-refractivity contribution in [2.45, 2.75) is 39.2 Å². The molecule has 2 heterocycles. The fourth-order valence-electron chi connectivity index (χ4n) is 2.34. The number of nitrogens with zero attached hydrogens (tertiary/aromatic N) is 2. The van der Waals surface area contributed by atoms with Crippen LogP contribution in [0.2, 0.25) is 0 Å². The molecule has 0 aliphatic carbocycles. The summed E-state index contributed by atoms with van der Waals surface area (Å²) in [7, 11) is 0. The lowest BCUT2D eigenvalue weighted by molar-refractivity contribution is -0.121. The summed E-state index contributed by atoms with van der Waals surface area (Å²) in [6, 6.07) is 0.0893. The number of carbonyl (C=O) groups excluding carboxylic acids is 2. The van der Waals surface area contributed by atoms with E-state index in [1.165, 1.54) is 6.39 Å². The molecule has 1 fully saturated rings. The van der Waals surface area contributed by atoms with E-state index in [-0.39, 0.29) is 24.5 Å². The van der Waals surface area contributed by atoms with Gasteiger partial charge in [-0.3, -0.25) is 4.79 Å². The molecule has 7 nitrogen and oxygen atoms in total. The van der Waals surface area contributed by atoms with E-state index in [0.717, 1.165) is 18.5 Å². The van der Waals surface area contributed by atoms with Gasteiger partial charge in [0.25, 0.3) is 0 Å². The van der Waals surface area contributed by atoms with Crippen LogP contribution in [0.5, 0.6) is 0 Å². The molecule has 1 aliphatic heterocycles. The van der Waals surface area contributed by atoms with Crippen LogP contribution in [-0.4, -0.2) is 47.6 Å². The number of carbonyl (C=O) groups is 2. The van der Waals surface area contributed by atoms with Crippen molar-refractivity contribution in [3.63, 3.8) is 0 Å². The van der Waals surface area contributed by atoms with Gasteiger partial charge in [-0.05, 0) is 26.7 Å². The Labute approximate surface area is 123 Å². The molecule has 0 radical (unpaired) electrons. The van der Waals surface area contributed by atoms with Gasteiger partial charge in [-0.2, -0.15) is 0 Å². The summed E-state index contributed by atoms with van der Waals surface area (Å²) in [5.74, 6) is 0.515. The number of oxazole rings is 1. The van der Waals surface area contributed by atoms with Crippen LogP contribution in [0.15, 0.2) is 10.8 Å². The third-order valence-electron chi connectivity index (χ3n) is 3.55. The van der Waals surface area contributed by atoms with Gasteiger partial charge in [-0.15, -0.1) is 0 Å². The Kier molecular flexibility index (Phi) is 5.19. The van der Waals surface area contributed by atoms with Crippen LogP contribution >= 0.6 is 0 Å². The standard InChI is InChI=1S/C14H21N3O4/c1-3-20-14(19)17-6-4-11(5-7-17)16-13(18)8-12-10(2)15-9-21-12/h9,11H,3-8H2,1-2H3,(H,16,18). The molecular weight excluding hydrogens is 274 g/mol. The van der Waals surface area contributed by atoms with Crippen LogP contribution in [-0.2, 0) is 16.0 Å². The number of hydrogen-bond donors (Lipinski definition) is 1. The van der Waals surface area contributed by atoms with Gasteiger partial charge in [0.05, 0.1) is 18.7 Å². The van der Waals surface area contributed by atoms with Gasteiger partial charge in [-0.25, -0.2) is 9.78 Å². The predicted molar refractivity (Wildman–Crippen MR) is 74.7 cm³/mol. The van der Waals surface area contributed by atoms with Crippen molar-refractivity contribution in [1.29, 1.82) is 0 Å². The van der Waals surface area contributed by atoms with Crippen molar-refractivity contribution >= 4 is 12.0 Å².